The second kappa shape index (κ2) is 6.88. The Bertz CT molecular complexity index is 573. The van der Waals surface area contributed by atoms with E-state index >= 15 is 0 Å². The summed E-state index contributed by atoms with van der Waals surface area (Å²) >= 11 is 0. The molecule has 0 aliphatic heterocycles. The van der Waals surface area contributed by atoms with E-state index in [4.69, 9.17) is 0 Å². The Balaban J connectivity index is 1.91. The molecule has 0 radical (unpaired) electrons. The van der Waals surface area contributed by atoms with E-state index in [2.05, 4.69) is 15.4 Å². The van der Waals surface area contributed by atoms with Gasteiger partial charge in [0.1, 0.15) is 5.75 Å². The van der Waals surface area contributed by atoms with Crippen molar-refractivity contribution in [3.63, 3.8) is 0 Å². The number of halogens is 3. The highest BCUT2D eigenvalue weighted by molar-refractivity contribution is 5.75. The molecule has 2 unspecified atom stereocenters. The van der Waals surface area contributed by atoms with E-state index in [9.17, 15) is 23.1 Å². The summed E-state index contributed by atoms with van der Waals surface area (Å²) in [5, 5.41) is 15.0. The van der Waals surface area contributed by atoms with E-state index in [1.165, 1.54) is 24.3 Å². The maximum Gasteiger partial charge on any atom is 0.573 e. The molecule has 3 N–H and O–H groups in total. The number of nitrogens with one attached hydrogen (secondary N) is 2. The Morgan fingerprint density at radius 1 is 1.33 bits per heavy atom. The summed E-state index contributed by atoms with van der Waals surface area (Å²) < 4.78 is 40.2. The molecule has 1 fully saturated rings. The van der Waals surface area contributed by atoms with E-state index in [1.807, 2.05) is 0 Å². The number of amides is 2. The second-order valence-corrected chi connectivity index (χ2v) is 6.29. The molecule has 0 saturated heterocycles. The fourth-order valence-electron chi connectivity index (χ4n) is 2.52. The minimum absolute atomic E-state index is 0.150. The molecule has 2 rings (SSSR count). The molecule has 0 bridgehead atoms. The Morgan fingerprint density at radius 2 is 1.92 bits per heavy atom. The van der Waals surface area contributed by atoms with Gasteiger partial charge in [0.05, 0.1) is 18.2 Å². The van der Waals surface area contributed by atoms with Gasteiger partial charge >= 0.3 is 12.4 Å². The predicted octanol–water partition coefficient (Wildman–Crippen LogP) is 3.11. The van der Waals surface area contributed by atoms with Gasteiger partial charge in [0.15, 0.2) is 0 Å². The highest BCUT2D eigenvalue weighted by Gasteiger charge is 2.42. The summed E-state index contributed by atoms with van der Waals surface area (Å²) in [5.41, 5.74) is -0.0226. The van der Waals surface area contributed by atoms with Crippen LogP contribution in [-0.2, 0) is 0 Å². The Hall–Kier alpha value is -1.96. The molecular weight excluding hydrogens is 325 g/mol. The molecule has 1 aromatic carbocycles. The normalized spacial score (nSPS) is 18.4. The van der Waals surface area contributed by atoms with Crippen LogP contribution in [0.2, 0.25) is 0 Å². The average molecular weight is 346 g/mol. The van der Waals surface area contributed by atoms with Crippen molar-refractivity contribution < 1.29 is 27.8 Å². The quantitative estimate of drug-likeness (QED) is 0.741. The topological polar surface area (TPSA) is 70.6 Å². The molecule has 5 nitrogen and oxygen atoms in total. The van der Waals surface area contributed by atoms with Crippen LogP contribution >= 0.6 is 0 Å². The van der Waals surface area contributed by atoms with Crippen molar-refractivity contribution >= 4 is 6.03 Å². The van der Waals surface area contributed by atoms with E-state index in [1.54, 1.807) is 13.8 Å². The number of aliphatic hydroxyl groups is 1. The zero-order valence-electron chi connectivity index (χ0n) is 13.5. The number of carbonyl (C=O) groups is 1. The lowest BCUT2D eigenvalue weighted by atomic mass is 9.97. The summed E-state index contributed by atoms with van der Waals surface area (Å²) in [5.74, 6) is -0.0492. The molecular formula is C16H21F3N2O3. The lowest BCUT2D eigenvalue weighted by molar-refractivity contribution is -0.274. The molecule has 1 aromatic rings. The van der Waals surface area contributed by atoms with Crippen molar-refractivity contribution in [1.82, 2.24) is 10.6 Å². The van der Waals surface area contributed by atoms with Crippen molar-refractivity contribution in [2.45, 2.75) is 44.6 Å². The van der Waals surface area contributed by atoms with E-state index in [0.29, 0.717) is 5.56 Å². The number of hydrogen-bond acceptors (Lipinski definition) is 3. The molecule has 2 amide bonds. The highest BCUT2D eigenvalue weighted by atomic mass is 19.4. The largest absolute Gasteiger partial charge is 0.573 e. The fraction of sp³-hybridized carbons (Fsp3) is 0.562. The van der Waals surface area contributed by atoms with Crippen LogP contribution < -0.4 is 15.4 Å². The van der Waals surface area contributed by atoms with Crippen molar-refractivity contribution in [3.05, 3.63) is 29.8 Å². The molecule has 0 aromatic heterocycles. The van der Waals surface area contributed by atoms with Gasteiger partial charge in [0, 0.05) is 0 Å². The van der Waals surface area contributed by atoms with E-state index in [0.717, 1.165) is 12.8 Å². The van der Waals surface area contributed by atoms with Crippen LogP contribution in [0, 0.1) is 5.92 Å². The van der Waals surface area contributed by atoms with Crippen molar-refractivity contribution in [2.75, 3.05) is 6.61 Å². The van der Waals surface area contributed by atoms with Gasteiger partial charge in [0.25, 0.3) is 0 Å². The number of aliphatic hydroxyl groups excluding tert-OH is 1. The summed E-state index contributed by atoms with van der Waals surface area (Å²) in [7, 11) is 0. The molecule has 1 saturated carbocycles. The van der Waals surface area contributed by atoms with Gasteiger partial charge in [0.2, 0.25) is 0 Å². The van der Waals surface area contributed by atoms with Crippen LogP contribution in [0.4, 0.5) is 18.0 Å². The second-order valence-electron chi connectivity index (χ2n) is 6.29. The van der Waals surface area contributed by atoms with Crippen LogP contribution in [0.5, 0.6) is 5.75 Å². The van der Waals surface area contributed by atoms with Gasteiger partial charge in [-0.25, -0.2) is 4.79 Å². The van der Waals surface area contributed by atoms with Gasteiger partial charge in [-0.05, 0) is 50.3 Å². The third-order valence-corrected chi connectivity index (χ3v) is 4.17. The van der Waals surface area contributed by atoms with Gasteiger partial charge in [-0.15, -0.1) is 13.2 Å². The zero-order chi connectivity index (χ0) is 18.0. The van der Waals surface area contributed by atoms with Gasteiger partial charge < -0.3 is 20.5 Å². The Kier molecular flexibility index (Phi) is 5.27. The Labute approximate surface area is 138 Å². The predicted molar refractivity (Wildman–Crippen MR) is 81.4 cm³/mol. The lowest BCUT2D eigenvalue weighted by Gasteiger charge is -2.29. The fourth-order valence-corrected chi connectivity index (χ4v) is 2.52. The van der Waals surface area contributed by atoms with Gasteiger partial charge in [-0.3, -0.25) is 0 Å². The number of rotatable bonds is 6. The molecule has 134 valence electrons. The van der Waals surface area contributed by atoms with Gasteiger partial charge in [-0.1, -0.05) is 12.1 Å². The van der Waals surface area contributed by atoms with Gasteiger partial charge in [-0.2, -0.15) is 0 Å². The number of carbonyl (C=O) groups excluding carboxylic acids is 1. The monoisotopic (exact) mass is 346 g/mol. The first-order chi connectivity index (χ1) is 11.1. The first-order valence-electron chi connectivity index (χ1n) is 7.68. The smallest absolute Gasteiger partial charge is 0.406 e. The van der Waals surface area contributed by atoms with Crippen LogP contribution in [0.3, 0.4) is 0 Å². The third-order valence-electron chi connectivity index (χ3n) is 4.17. The molecule has 1 aliphatic rings. The molecule has 8 heteroatoms. The number of urea groups is 1. The Morgan fingerprint density at radius 3 is 2.38 bits per heavy atom. The standard InChI is InChI=1S/C16H21F3N2O3/c1-10(11-3-7-13(8-4-11)24-16(17,18)19)20-14(23)21-15(2,9-22)12-5-6-12/h3-4,7-8,10,12,22H,5-6,9H2,1-2H3,(H2,20,21,23). The maximum absolute atomic E-state index is 12.1. The van der Waals surface area contributed by atoms with Crippen LogP contribution in [0.15, 0.2) is 24.3 Å². The minimum Gasteiger partial charge on any atom is -0.406 e. The van der Waals surface area contributed by atoms with E-state index < -0.39 is 24.0 Å². The zero-order valence-corrected chi connectivity index (χ0v) is 13.5. The highest BCUT2D eigenvalue weighted by Crippen LogP contribution is 2.39. The SMILES string of the molecule is CC(NC(=O)NC(C)(CO)C1CC1)c1ccc(OC(F)(F)F)cc1. The van der Waals surface area contributed by atoms with Crippen molar-refractivity contribution in [2.24, 2.45) is 5.92 Å². The number of benzene rings is 1. The number of ether oxygens (including phenoxy) is 1. The summed E-state index contributed by atoms with van der Waals surface area (Å²) in [4.78, 5) is 12.1. The number of hydrogen-bond donors (Lipinski definition) is 3. The molecule has 0 heterocycles. The maximum atomic E-state index is 12.1. The summed E-state index contributed by atoms with van der Waals surface area (Å²) in [6, 6.07) is 4.46. The third kappa shape index (κ3) is 5.02. The molecule has 24 heavy (non-hydrogen) atoms. The number of alkyl halides is 3. The average Bonchev–Trinajstić information content (AvgIpc) is 3.31. The van der Waals surface area contributed by atoms with Crippen molar-refractivity contribution in [3.8, 4) is 5.75 Å². The summed E-state index contributed by atoms with van der Waals surface area (Å²) in [6.07, 6.45) is -2.80. The molecule has 1 aliphatic carbocycles. The first-order valence-corrected chi connectivity index (χ1v) is 7.68. The molecule has 2 atom stereocenters. The van der Waals surface area contributed by atoms with E-state index in [-0.39, 0.29) is 18.3 Å². The molecule has 0 spiro atoms. The van der Waals surface area contributed by atoms with Crippen LogP contribution in [0.25, 0.3) is 0 Å². The van der Waals surface area contributed by atoms with Crippen LogP contribution in [-0.4, -0.2) is 29.6 Å². The minimum atomic E-state index is -4.73. The van der Waals surface area contributed by atoms with Crippen molar-refractivity contribution in [1.29, 1.82) is 0 Å². The van der Waals surface area contributed by atoms with Crippen LogP contribution in [0.1, 0.15) is 38.3 Å². The lowest BCUT2D eigenvalue weighted by Crippen LogP contribution is -2.54. The first kappa shape index (κ1) is 18.4. The summed E-state index contributed by atoms with van der Waals surface area (Å²) in [6.45, 7) is 3.35.